The number of hydrogen-bond donors (Lipinski definition) is 0. The molecule has 0 radical (unpaired) electrons. The molecule has 0 N–H and O–H groups in total. The standard InChI is InChI=1S/C7H14O4/c1-4-7(2,3)11-10-5-6(8)9/h4-5H2,1-3H3,(H,8,9)/p-1. The first-order valence-electron chi connectivity index (χ1n) is 3.48. The molecule has 66 valence electrons. The van der Waals surface area contributed by atoms with Gasteiger partial charge in [0.2, 0.25) is 0 Å². The van der Waals surface area contributed by atoms with Crippen molar-refractivity contribution in [1.29, 1.82) is 0 Å². The average molecular weight is 161 g/mol. The minimum absolute atomic E-state index is 0.435. The van der Waals surface area contributed by atoms with Crippen LogP contribution < -0.4 is 5.11 Å². The fraction of sp³-hybridized carbons (Fsp3) is 0.857. The normalized spacial score (nSPS) is 11.5. The summed E-state index contributed by atoms with van der Waals surface area (Å²) in [6, 6.07) is 0. The molecule has 0 bridgehead atoms. The highest BCUT2D eigenvalue weighted by Gasteiger charge is 2.16. The van der Waals surface area contributed by atoms with E-state index in [-0.39, 0.29) is 0 Å². The van der Waals surface area contributed by atoms with Crippen LogP contribution in [-0.2, 0) is 14.6 Å². The Morgan fingerprint density at radius 3 is 2.45 bits per heavy atom. The maximum atomic E-state index is 9.86. The van der Waals surface area contributed by atoms with E-state index in [1.54, 1.807) is 0 Å². The molecule has 0 rings (SSSR count). The van der Waals surface area contributed by atoms with E-state index in [4.69, 9.17) is 4.89 Å². The molecule has 0 aliphatic heterocycles. The van der Waals surface area contributed by atoms with Gasteiger partial charge < -0.3 is 9.90 Å². The van der Waals surface area contributed by atoms with E-state index in [0.29, 0.717) is 0 Å². The summed E-state index contributed by atoms with van der Waals surface area (Å²) < 4.78 is 0. The molecule has 4 nitrogen and oxygen atoms in total. The summed E-state index contributed by atoms with van der Waals surface area (Å²) in [6.07, 6.45) is 0.750. The topological polar surface area (TPSA) is 58.6 Å². The molecule has 0 aromatic carbocycles. The fourth-order valence-corrected chi connectivity index (χ4v) is 0.296. The van der Waals surface area contributed by atoms with Gasteiger partial charge in [-0.1, -0.05) is 6.92 Å². The summed E-state index contributed by atoms with van der Waals surface area (Å²) >= 11 is 0. The minimum Gasteiger partial charge on any atom is -0.547 e. The molecule has 0 spiro atoms. The van der Waals surface area contributed by atoms with Crippen LogP contribution in [0.1, 0.15) is 27.2 Å². The first-order valence-corrected chi connectivity index (χ1v) is 3.48. The van der Waals surface area contributed by atoms with Gasteiger partial charge in [0.1, 0.15) is 6.61 Å². The predicted molar refractivity (Wildman–Crippen MR) is 36.4 cm³/mol. The van der Waals surface area contributed by atoms with Crippen LogP contribution in [0.2, 0.25) is 0 Å². The van der Waals surface area contributed by atoms with Crippen molar-refractivity contribution in [3.05, 3.63) is 0 Å². The molecule has 4 heteroatoms. The van der Waals surface area contributed by atoms with Crippen LogP contribution in [0, 0.1) is 0 Å². The van der Waals surface area contributed by atoms with Crippen molar-refractivity contribution in [2.24, 2.45) is 0 Å². The summed E-state index contributed by atoms with van der Waals surface area (Å²) in [4.78, 5) is 19.0. The van der Waals surface area contributed by atoms with Crippen LogP contribution in [0.3, 0.4) is 0 Å². The van der Waals surface area contributed by atoms with E-state index >= 15 is 0 Å². The molecule has 0 heterocycles. The number of carboxylic acids is 1. The third-order valence-corrected chi connectivity index (χ3v) is 1.31. The Labute approximate surface area is 66.0 Å². The van der Waals surface area contributed by atoms with E-state index in [0.717, 1.165) is 6.42 Å². The number of hydrogen-bond acceptors (Lipinski definition) is 4. The van der Waals surface area contributed by atoms with Gasteiger partial charge in [-0.25, -0.2) is 9.78 Å². The molecule has 0 atom stereocenters. The van der Waals surface area contributed by atoms with Crippen LogP contribution in [0.15, 0.2) is 0 Å². The first-order chi connectivity index (χ1) is 4.98. The van der Waals surface area contributed by atoms with Gasteiger partial charge in [0.15, 0.2) is 0 Å². The van der Waals surface area contributed by atoms with Crippen molar-refractivity contribution in [3.63, 3.8) is 0 Å². The Hall–Kier alpha value is -0.610. The third kappa shape index (κ3) is 5.82. The summed E-state index contributed by atoms with van der Waals surface area (Å²) in [5, 5.41) is 9.86. The Morgan fingerprint density at radius 2 is 2.09 bits per heavy atom. The zero-order valence-corrected chi connectivity index (χ0v) is 7.05. The largest absolute Gasteiger partial charge is 0.547 e. The SMILES string of the molecule is CCC(C)(C)OOCC(=O)[O-]. The Balaban J connectivity index is 3.45. The lowest BCUT2D eigenvalue weighted by atomic mass is 10.1. The highest BCUT2D eigenvalue weighted by Crippen LogP contribution is 2.13. The van der Waals surface area contributed by atoms with Gasteiger partial charge in [-0.15, -0.1) is 0 Å². The molecular formula is C7H13O4-. The van der Waals surface area contributed by atoms with Crippen molar-refractivity contribution < 1.29 is 19.7 Å². The molecule has 0 saturated heterocycles. The summed E-state index contributed by atoms with van der Waals surface area (Å²) in [5.74, 6) is -1.28. The number of carbonyl (C=O) groups is 1. The number of aliphatic carboxylic acids is 1. The molecule has 11 heavy (non-hydrogen) atoms. The molecule has 0 saturated carbocycles. The van der Waals surface area contributed by atoms with E-state index in [1.165, 1.54) is 0 Å². The molecule has 0 aromatic heterocycles. The van der Waals surface area contributed by atoms with Crippen molar-refractivity contribution in [2.75, 3.05) is 6.61 Å². The van der Waals surface area contributed by atoms with Crippen molar-refractivity contribution >= 4 is 5.97 Å². The van der Waals surface area contributed by atoms with Gasteiger partial charge in [-0.2, -0.15) is 0 Å². The first kappa shape index (κ1) is 10.4. The van der Waals surface area contributed by atoms with Gasteiger partial charge in [0.25, 0.3) is 0 Å². The maximum Gasteiger partial charge on any atom is 0.122 e. The lowest BCUT2D eigenvalue weighted by molar-refractivity contribution is -0.372. The smallest absolute Gasteiger partial charge is 0.122 e. The number of carboxylic acid groups (broad SMARTS) is 1. The van der Waals surface area contributed by atoms with E-state index in [1.807, 2.05) is 20.8 Å². The quantitative estimate of drug-likeness (QED) is 0.416. The highest BCUT2D eigenvalue weighted by molar-refractivity contribution is 5.65. The van der Waals surface area contributed by atoms with E-state index in [2.05, 4.69) is 4.89 Å². The molecule has 0 aromatic rings. The number of carbonyl (C=O) groups excluding carboxylic acids is 1. The van der Waals surface area contributed by atoms with Crippen LogP contribution in [0.5, 0.6) is 0 Å². The Bertz CT molecular complexity index is 130. The predicted octanol–water partition coefficient (Wildman–Crippen LogP) is -0.127. The third-order valence-electron chi connectivity index (χ3n) is 1.31. The maximum absolute atomic E-state index is 9.86. The Morgan fingerprint density at radius 1 is 1.55 bits per heavy atom. The lowest BCUT2D eigenvalue weighted by Gasteiger charge is -2.21. The molecule has 0 fully saturated rings. The second-order valence-corrected chi connectivity index (χ2v) is 2.83. The zero-order chi connectivity index (χ0) is 8.91. The molecule has 0 aliphatic rings. The van der Waals surface area contributed by atoms with Gasteiger partial charge in [0.05, 0.1) is 11.6 Å². The molecule has 0 amide bonds. The van der Waals surface area contributed by atoms with Gasteiger partial charge in [-0.05, 0) is 20.3 Å². The lowest BCUT2D eigenvalue weighted by Crippen LogP contribution is -2.31. The van der Waals surface area contributed by atoms with Crippen molar-refractivity contribution in [2.45, 2.75) is 32.8 Å². The van der Waals surface area contributed by atoms with Crippen LogP contribution in [0.25, 0.3) is 0 Å². The molecule has 0 aliphatic carbocycles. The summed E-state index contributed by atoms with van der Waals surface area (Å²) in [7, 11) is 0. The van der Waals surface area contributed by atoms with E-state index in [9.17, 15) is 9.90 Å². The molecule has 0 unspecified atom stereocenters. The second kappa shape index (κ2) is 4.31. The zero-order valence-electron chi connectivity index (χ0n) is 7.05. The summed E-state index contributed by atoms with van der Waals surface area (Å²) in [6.45, 7) is 5.01. The number of rotatable bonds is 5. The van der Waals surface area contributed by atoms with Gasteiger partial charge in [0, 0.05) is 0 Å². The second-order valence-electron chi connectivity index (χ2n) is 2.83. The summed E-state index contributed by atoms with van der Waals surface area (Å²) in [5.41, 5.74) is -0.435. The minimum atomic E-state index is -1.28. The van der Waals surface area contributed by atoms with Crippen LogP contribution in [0.4, 0.5) is 0 Å². The van der Waals surface area contributed by atoms with E-state index < -0.39 is 18.2 Å². The van der Waals surface area contributed by atoms with Crippen LogP contribution in [-0.4, -0.2) is 18.2 Å². The van der Waals surface area contributed by atoms with Crippen molar-refractivity contribution in [1.82, 2.24) is 0 Å². The van der Waals surface area contributed by atoms with Gasteiger partial charge in [-0.3, -0.25) is 0 Å². The molecular weight excluding hydrogens is 148 g/mol. The fourth-order valence-electron chi connectivity index (χ4n) is 0.296. The highest BCUT2D eigenvalue weighted by atomic mass is 17.2. The Kier molecular flexibility index (Phi) is 4.07. The average Bonchev–Trinajstić information content (AvgIpc) is 1.87. The monoisotopic (exact) mass is 161 g/mol. The van der Waals surface area contributed by atoms with Gasteiger partial charge >= 0.3 is 0 Å². The van der Waals surface area contributed by atoms with Crippen LogP contribution >= 0.6 is 0 Å². The van der Waals surface area contributed by atoms with Crippen molar-refractivity contribution in [3.8, 4) is 0 Å².